The third-order valence-corrected chi connectivity index (χ3v) is 1.79. The minimum atomic E-state index is -0.509. The zero-order valence-electron chi connectivity index (χ0n) is 7.37. The molecule has 0 fully saturated rings. The van der Waals surface area contributed by atoms with Gasteiger partial charge in [0.25, 0.3) is 0 Å². The first-order chi connectivity index (χ1) is 6.68. The number of aromatic nitrogens is 1. The molecule has 0 atom stereocenters. The largest absolute Gasteiger partial charge is 0.368 e. The zero-order chi connectivity index (χ0) is 10.4. The molecule has 6 heteroatoms. The first-order valence-electron chi connectivity index (χ1n) is 3.91. The molecule has 0 aliphatic heterocycles. The van der Waals surface area contributed by atoms with E-state index in [9.17, 15) is 4.79 Å². The van der Waals surface area contributed by atoms with Crippen molar-refractivity contribution < 1.29 is 9.63 Å². The molecular formula is C8H10BrN3O2. The van der Waals surface area contributed by atoms with Crippen molar-refractivity contribution >= 4 is 21.8 Å². The van der Waals surface area contributed by atoms with E-state index < -0.39 is 5.91 Å². The number of nitrogens with zero attached hydrogens (tertiary/aromatic N) is 1. The van der Waals surface area contributed by atoms with Crippen molar-refractivity contribution in [3.63, 3.8) is 0 Å². The van der Waals surface area contributed by atoms with Gasteiger partial charge in [0.1, 0.15) is 6.61 Å². The van der Waals surface area contributed by atoms with E-state index >= 15 is 0 Å². The number of carbonyl (C=O) groups is 1. The summed E-state index contributed by atoms with van der Waals surface area (Å²) < 4.78 is 0.895. The van der Waals surface area contributed by atoms with Gasteiger partial charge < -0.3 is 5.73 Å². The molecule has 1 amide bonds. The molecule has 14 heavy (non-hydrogen) atoms. The van der Waals surface area contributed by atoms with E-state index in [0.717, 1.165) is 10.0 Å². The maximum atomic E-state index is 10.3. The quantitative estimate of drug-likeness (QED) is 0.591. The highest BCUT2D eigenvalue weighted by Crippen LogP contribution is 2.08. The van der Waals surface area contributed by atoms with E-state index in [0.29, 0.717) is 6.54 Å². The van der Waals surface area contributed by atoms with Crippen LogP contribution in [0, 0.1) is 0 Å². The molecule has 5 nitrogen and oxygen atoms in total. The van der Waals surface area contributed by atoms with Crippen LogP contribution < -0.4 is 11.2 Å². The van der Waals surface area contributed by atoms with Gasteiger partial charge in [0, 0.05) is 23.4 Å². The highest BCUT2D eigenvalue weighted by molar-refractivity contribution is 9.10. The lowest BCUT2D eigenvalue weighted by Gasteiger charge is -2.03. The van der Waals surface area contributed by atoms with Gasteiger partial charge >= 0.3 is 0 Å². The molecule has 0 unspecified atom stereocenters. The maximum absolute atomic E-state index is 10.3. The van der Waals surface area contributed by atoms with Crippen molar-refractivity contribution in [1.29, 1.82) is 0 Å². The molecule has 0 aliphatic rings. The minimum Gasteiger partial charge on any atom is -0.368 e. The number of amides is 1. The van der Waals surface area contributed by atoms with E-state index in [1.165, 1.54) is 0 Å². The van der Waals surface area contributed by atoms with Crippen LogP contribution in [0.15, 0.2) is 22.9 Å². The number of halogens is 1. The van der Waals surface area contributed by atoms with Gasteiger partial charge in [-0.2, -0.15) is 5.48 Å². The number of rotatable bonds is 5. The van der Waals surface area contributed by atoms with Crippen LogP contribution >= 0.6 is 15.9 Å². The van der Waals surface area contributed by atoms with Gasteiger partial charge in [-0.05, 0) is 27.6 Å². The highest BCUT2D eigenvalue weighted by Gasteiger charge is 1.96. The van der Waals surface area contributed by atoms with Gasteiger partial charge in [-0.25, -0.2) is 0 Å². The molecule has 76 valence electrons. The third-order valence-electron chi connectivity index (χ3n) is 1.35. The number of nitrogens with two attached hydrogens (primary N) is 1. The van der Waals surface area contributed by atoms with Gasteiger partial charge in [-0.1, -0.05) is 0 Å². The fraction of sp³-hybridized carbons (Fsp3) is 0.250. The number of nitrogens with one attached hydrogen (secondary N) is 1. The van der Waals surface area contributed by atoms with E-state index in [-0.39, 0.29) is 6.61 Å². The Morgan fingerprint density at radius 3 is 3.07 bits per heavy atom. The Kier molecular flexibility index (Phi) is 4.51. The topological polar surface area (TPSA) is 77.2 Å². The number of hydroxylamine groups is 1. The standard InChI is InChI=1S/C8H10BrN3O2/c9-7-1-6(2-11-4-7)3-12-14-5-8(10)13/h1-2,4,12H,3,5H2,(H2,10,13). The SMILES string of the molecule is NC(=O)CONCc1cncc(Br)c1. The summed E-state index contributed by atoms with van der Waals surface area (Å²) in [5.74, 6) is -0.509. The smallest absolute Gasteiger partial charge is 0.245 e. The number of hydrogen-bond acceptors (Lipinski definition) is 4. The first kappa shape index (κ1) is 11.1. The molecule has 0 saturated heterocycles. The van der Waals surface area contributed by atoms with E-state index in [1.807, 2.05) is 6.07 Å². The predicted octanol–water partition coefficient (Wildman–Crippen LogP) is 0.351. The van der Waals surface area contributed by atoms with Crippen molar-refractivity contribution in [1.82, 2.24) is 10.5 Å². The number of primary amides is 1. The Bertz CT molecular complexity index is 319. The summed E-state index contributed by atoms with van der Waals surface area (Å²) in [6.07, 6.45) is 3.39. The normalized spacial score (nSPS) is 10.1. The Hall–Kier alpha value is -0.980. The van der Waals surface area contributed by atoms with Crippen molar-refractivity contribution in [3.8, 4) is 0 Å². The molecule has 0 saturated carbocycles. The number of hydrogen-bond donors (Lipinski definition) is 2. The summed E-state index contributed by atoms with van der Waals surface area (Å²) in [7, 11) is 0. The van der Waals surface area contributed by atoms with Crippen LogP contribution in [0.25, 0.3) is 0 Å². The zero-order valence-corrected chi connectivity index (χ0v) is 8.95. The van der Waals surface area contributed by atoms with Crippen LogP contribution in [0.1, 0.15) is 5.56 Å². The summed E-state index contributed by atoms with van der Waals surface area (Å²) in [5.41, 5.74) is 8.42. The number of carbonyl (C=O) groups excluding carboxylic acids is 1. The predicted molar refractivity (Wildman–Crippen MR) is 53.9 cm³/mol. The van der Waals surface area contributed by atoms with Crippen LogP contribution in [0.2, 0.25) is 0 Å². The average molecular weight is 260 g/mol. The lowest BCUT2D eigenvalue weighted by atomic mass is 10.3. The summed E-state index contributed by atoms with van der Waals surface area (Å²) in [6, 6.07) is 1.90. The van der Waals surface area contributed by atoms with Crippen LogP contribution in [-0.2, 0) is 16.2 Å². The minimum absolute atomic E-state index is 0.137. The maximum Gasteiger partial charge on any atom is 0.245 e. The molecule has 0 spiro atoms. The van der Waals surface area contributed by atoms with Crippen molar-refractivity contribution in [2.45, 2.75) is 6.54 Å². The fourth-order valence-corrected chi connectivity index (χ4v) is 1.22. The van der Waals surface area contributed by atoms with Crippen LogP contribution in [0.4, 0.5) is 0 Å². The van der Waals surface area contributed by atoms with E-state index in [4.69, 9.17) is 10.6 Å². The lowest BCUT2D eigenvalue weighted by molar-refractivity contribution is -0.125. The fourth-order valence-electron chi connectivity index (χ4n) is 0.809. The molecule has 0 bridgehead atoms. The summed E-state index contributed by atoms with van der Waals surface area (Å²) >= 11 is 3.29. The van der Waals surface area contributed by atoms with Crippen molar-refractivity contribution in [3.05, 3.63) is 28.5 Å². The van der Waals surface area contributed by atoms with E-state index in [2.05, 4.69) is 26.4 Å². The van der Waals surface area contributed by atoms with Crippen LogP contribution in [0.3, 0.4) is 0 Å². The monoisotopic (exact) mass is 259 g/mol. The Balaban J connectivity index is 2.28. The van der Waals surface area contributed by atoms with Crippen LogP contribution in [-0.4, -0.2) is 17.5 Å². The number of pyridine rings is 1. The lowest BCUT2D eigenvalue weighted by Crippen LogP contribution is -2.24. The molecule has 0 aromatic carbocycles. The summed E-state index contributed by atoms with van der Waals surface area (Å²) in [6.45, 7) is 0.334. The molecule has 0 radical (unpaired) electrons. The van der Waals surface area contributed by atoms with Crippen molar-refractivity contribution in [2.75, 3.05) is 6.61 Å². The molecule has 1 heterocycles. The van der Waals surface area contributed by atoms with Crippen LogP contribution in [0.5, 0.6) is 0 Å². The Morgan fingerprint density at radius 1 is 1.64 bits per heavy atom. The second-order valence-corrected chi connectivity index (χ2v) is 3.50. The molecular weight excluding hydrogens is 250 g/mol. The molecule has 1 rings (SSSR count). The average Bonchev–Trinajstić information content (AvgIpc) is 2.12. The Labute approximate surface area is 89.7 Å². The second kappa shape index (κ2) is 5.69. The van der Waals surface area contributed by atoms with Gasteiger partial charge in [-0.3, -0.25) is 14.6 Å². The third kappa shape index (κ3) is 4.31. The van der Waals surface area contributed by atoms with Gasteiger partial charge in [0.2, 0.25) is 5.91 Å². The molecule has 1 aromatic rings. The Morgan fingerprint density at radius 2 is 2.43 bits per heavy atom. The van der Waals surface area contributed by atoms with Gasteiger partial charge in [0.15, 0.2) is 0 Å². The van der Waals surface area contributed by atoms with Crippen molar-refractivity contribution in [2.24, 2.45) is 5.73 Å². The molecule has 3 N–H and O–H groups in total. The summed E-state index contributed by atoms with van der Waals surface area (Å²) in [4.78, 5) is 19.0. The molecule has 1 aromatic heterocycles. The van der Waals surface area contributed by atoms with E-state index in [1.54, 1.807) is 12.4 Å². The van der Waals surface area contributed by atoms with Gasteiger partial charge in [-0.15, -0.1) is 0 Å². The molecule has 0 aliphatic carbocycles. The first-order valence-corrected chi connectivity index (χ1v) is 4.70. The summed E-state index contributed by atoms with van der Waals surface area (Å²) in [5, 5.41) is 0. The van der Waals surface area contributed by atoms with Gasteiger partial charge in [0.05, 0.1) is 0 Å². The second-order valence-electron chi connectivity index (χ2n) is 2.59. The highest BCUT2D eigenvalue weighted by atomic mass is 79.9.